The number of aryl methyl sites for hydroxylation is 2. The Kier molecular flexibility index (Phi) is 4.81. The van der Waals surface area contributed by atoms with Crippen molar-refractivity contribution in [1.82, 2.24) is 0 Å². The molecule has 0 aromatic heterocycles. The molecule has 2 rings (SSSR count). The number of rotatable bonds is 4. The molecular weight excluding hydrogens is 331 g/mol. The van der Waals surface area contributed by atoms with E-state index < -0.39 is 9.05 Å². The third kappa shape index (κ3) is 3.90. The third-order valence-corrected chi connectivity index (χ3v) is 4.76. The molecule has 0 aliphatic rings. The van der Waals surface area contributed by atoms with Crippen LogP contribution in [0.3, 0.4) is 0 Å². The molecule has 2 aromatic carbocycles. The highest BCUT2D eigenvalue weighted by Crippen LogP contribution is 2.30. The molecular formula is C15H14Cl2O3S. The minimum Gasteiger partial charge on any atom is -0.487 e. The molecule has 0 saturated heterocycles. The first kappa shape index (κ1) is 16.1. The summed E-state index contributed by atoms with van der Waals surface area (Å²) in [5.74, 6) is 0.192. The van der Waals surface area contributed by atoms with Crippen LogP contribution in [-0.2, 0) is 15.7 Å². The zero-order valence-electron chi connectivity index (χ0n) is 11.6. The zero-order chi connectivity index (χ0) is 15.6. The Bertz CT molecular complexity index is 750. The molecule has 0 bridgehead atoms. The lowest BCUT2D eigenvalue weighted by atomic mass is 10.0. The van der Waals surface area contributed by atoms with E-state index in [0.717, 1.165) is 16.7 Å². The summed E-state index contributed by atoms with van der Waals surface area (Å²) in [6.07, 6.45) is 0. The molecule has 0 N–H and O–H groups in total. The maximum Gasteiger partial charge on any atom is 0.265 e. The normalized spacial score (nSPS) is 11.4. The summed E-state index contributed by atoms with van der Waals surface area (Å²) >= 11 is 5.81. The molecule has 0 saturated carbocycles. The van der Waals surface area contributed by atoms with Crippen LogP contribution < -0.4 is 4.74 Å². The molecule has 112 valence electrons. The first-order valence-corrected chi connectivity index (χ1v) is 8.90. The fourth-order valence-corrected chi connectivity index (χ4v) is 3.25. The lowest BCUT2D eigenvalue weighted by molar-refractivity contribution is 0.296. The van der Waals surface area contributed by atoms with E-state index in [-0.39, 0.29) is 22.3 Å². The van der Waals surface area contributed by atoms with Gasteiger partial charge in [0.25, 0.3) is 9.05 Å². The molecule has 6 heteroatoms. The Morgan fingerprint density at radius 2 is 1.71 bits per heavy atom. The second kappa shape index (κ2) is 6.26. The lowest BCUT2D eigenvalue weighted by Crippen LogP contribution is -2.03. The summed E-state index contributed by atoms with van der Waals surface area (Å²) in [7, 11) is 1.50. The summed E-state index contributed by atoms with van der Waals surface area (Å²) in [5, 5.41) is 0.286. The Balaban J connectivity index is 2.33. The highest BCUT2D eigenvalue weighted by molar-refractivity contribution is 8.13. The molecule has 0 aliphatic carbocycles. The number of hydrogen-bond acceptors (Lipinski definition) is 3. The zero-order valence-corrected chi connectivity index (χ0v) is 13.9. The van der Waals surface area contributed by atoms with Gasteiger partial charge in [-0.3, -0.25) is 0 Å². The van der Waals surface area contributed by atoms with E-state index in [2.05, 4.69) is 0 Å². The van der Waals surface area contributed by atoms with Gasteiger partial charge < -0.3 is 4.74 Å². The van der Waals surface area contributed by atoms with Gasteiger partial charge in [-0.05, 0) is 48.7 Å². The molecule has 0 atom stereocenters. The average molecular weight is 345 g/mol. The van der Waals surface area contributed by atoms with Crippen LogP contribution in [0.15, 0.2) is 41.3 Å². The fourth-order valence-electron chi connectivity index (χ4n) is 2.02. The first-order chi connectivity index (χ1) is 9.79. The average Bonchev–Trinajstić information content (AvgIpc) is 2.38. The van der Waals surface area contributed by atoms with Gasteiger partial charge in [0.15, 0.2) is 0 Å². The molecule has 3 nitrogen and oxygen atoms in total. The van der Waals surface area contributed by atoms with E-state index in [1.165, 1.54) is 12.1 Å². The molecule has 0 aliphatic heterocycles. The van der Waals surface area contributed by atoms with Crippen LogP contribution in [0.5, 0.6) is 5.75 Å². The van der Waals surface area contributed by atoms with Crippen molar-refractivity contribution in [2.75, 3.05) is 0 Å². The molecule has 0 fully saturated rings. The first-order valence-electron chi connectivity index (χ1n) is 6.21. The van der Waals surface area contributed by atoms with E-state index in [4.69, 9.17) is 27.0 Å². The van der Waals surface area contributed by atoms with Gasteiger partial charge in [0.2, 0.25) is 0 Å². The quantitative estimate of drug-likeness (QED) is 0.768. The SMILES string of the molecule is Cc1cccc(C)c1COc1ccc(Cl)cc1S(=O)(=O)Cl. The number of ether oxygens (including phenoxy) is 1. The van der Waals surface area contributed by atoms with Gasteiger partial charge in [0.05, 0.1) is 0 Å². The standard InChI is InChI=1S/C15H14Cl2O3S/c1-10-4-3-5-11(2)13(10)9-20-14-7-6-12(16)8-15(14)21(17,18)19/h3-8H,9H2,1-2H3. The molecule has 0 radical (unpaired) electrons. The van der Waals surface area contributed by atoms with Gasteiger partial charge in [-0.2, -0.15) is 0 Å². The van der Waals surface area contributed by atoms with Crippen LogP contribution >= 0.6 is 22.3 Å². The van der Waals surface area contributed by atoms with Crippen molar-refractivity contribution >= 4 is 31.3 Å². The molecule has 2 aromatic rings. The van der Waals surface area contributed by atoms with Crippen LogP contribution in [0.1, 0.15) is 16.7 Å². The van der Waals surface area contributed by atoms with Gasteiger partial charge in [-0.15, -0.1) is 0 Å². The minimum atomic E-state index is -3.92. The van der Waals surface area contributed by atoms with Crippen LogP contribution in [0.4, 0.5) is 0 Å². The smallest absolute Gasteiger partial charge is 0.265 e. The van der Waals surface area contributed by atoms with E-state index in [1.54, 1.807) is 6.07 Å². The molecule has 21 heavy (non-hydrogen) atoms. The molecule has 0 unspecified atom stereocenters. The van der Waals surface area contributed by atoms with Crippen molar-refractivity contribution in [2.24, 2.45) is 0 Å². The Morgan fingerprint density at radius 3 is 2.29 bits per heavy atom. The molecule has 0 amide bonds. The maximum atomic E-state index is 11.6. The van der Waals surface area contributed by atoms with Gasteiger partial charge in [-0.25, -0.2) is 8.42 Å². The molecule has 0 heterocycles. The highest BCUT2D eigenvalue weighted by Gasteiger charge is 2.18. The van der Waals surface area contributed by atoms with Crippen molar-refractivity contribution in [3.05, 3.63) is 58.1 Å². The lowest BCUT2D eigenvalue weighted by Gasteiger charge is -2.13. The Hall–Kier alpha value is -1.23. The van der Waals surface area contributed by atoms with Crippen LogP contribution in [0.25, 0.3) is 0 Å². The van der Waals surface area contributed by atoms with Crippen molar-refractivity contribution in [3.8, 4) is 5.75 Å². The van der Waals surface area contributed by atoms with Crippen molar-refractivity contribution < 1.29 is 13.2 Å². The second-order valence-electron chi connectivity index (χ2n) is 4.69. The predicted molar refractivity (Wildman–Crippen MR) is 84.7 cm³/mol. The second-order valence-corrected chi connectivity index (χ2v) is 7.66. The van der Waals surface area contributed by atoms with Gasteiger partial charge in [0, 0.05) is 15.7 Å². The Labute approximate surface area is 133 Å². The largest absolute Gasteiger partial charge is 0.487 e. The minimum absolute atomic E-state index is 0.122. The molecule has 0 spiro atoms. The van der Waals surface area contributed by atoms with E-state index >= 15 is 0 Å². The summed E-state index contributed by atoms with van der Waals surface area (Å²) in [6, 6.07) is 10.3. The summed E-state index contributed by atoms with van der Waals surface area (Å²) < 4.78 is 28.8. The Morgan fingerprint density at radius 1 is 1.10 bits per heavy atom. The van der Waals surface area contributed by atoms with E-state index in [9.17, 15) is 8.42 Å². The van der Waals surface area contributed by atoms with Crippen LogP contribution in [0, 0.1) is 13.8 Å². The fraction of sp³-hybridized carbons (Fsp3) is 0.200. The summed E-state index contributed by atoms with van der Waals surface area (Å²) in [4.78, 5) is -0.122. The number of hydrogen-bond donors (Lipinski definition) is 0. The maximum absolute atomic E-state index is 11.6. The topological polar surface area (TPSA) is 43.4 Å². The monoisotopic (exact) mass is 344 g/mol. The number of benzene rings is 2. The summed E-state index contributed by atoms with van der Waals surface area (Å²) in [5.41, 5.74) is 3.18. The predicted octanol–water partition coefficient (Wildman–Crippen LogP) is 4.46. The van der Waals surface area contributed by atoms with Gasteiger partial charge >= 0.3 is 0 Å². The van der Waals surface area contributed by atoms with Crippen LogP contribution in [-0.4, -0.2) is 8.42 Å². The van der Waals surface area contributed by atoms with Crippen molar-refractivity contribution in [1.29, 1.82) is 0 Å². The van der Waals surface area contributed by atoms with Crippen molar-refractivity contribution in [2.45, 2.75) is 25.3 Å². The third-order valence-electron chi connectivity index (χ3n) is 3.18. The highest BCUT2D eigenvalue weighted by atomic mass is 35.7. The van der Waals surface area contributed by atoms with Crippen LogP contribution in [0.2, 0.25) is 5.02 Å². The van der Waals surface area contributed by atoms with E-state index in [1.807, 2.05) is 32.0 Å². The van der Waals surface area contributed by atoms with Crippen molar-refractivity contribution in [3.63, 3.8) is 0 Å². The number of halogens is 2. The van der Waals surface area contributed by atoms with Gasteiger partial charge in [0.1, 0.15) is 17.3 Å². The van der Waals surface area contributed by atoms with Gasteiger partial charge in [-0.1, -0.05) is 29.8 Å². The summed E-state index contributed by atoms with van der Waals surface area (Å²) in [6.45, 7) is 4.22. The van der Waals surface area contributed by atoms with E-state index in [0.29, 0.717) is 0 Å².